The van der Waals surface area contributed by atoms with Gasteiger partial charge in [-0.05, 0) is 39.3 Å². The molecule has 0 aliphatic carbocycles. The van der Waals surface area contributed by atoms with Crippen molar-refractivity contribution in [3.63, 3.8) is 0 Å². The van der Waals surface area contributed by atoms with Crippen LogP contribution in [0.25, 0.3) is 0 Å². The predicted molar refractivity (Wildman–Crippen MR) is 85.3 cm³/mol. The number of nitrogens with zero attached hydrogens (tertiary/aromatic N) is 1. The molecular weight excluding hydrogens is 264 g/mol. The Bertz CT molecular complexity index is 430. The summed E-state index contributed by atoms with van der Waals surface area (Å²) >= 11 is 0. The minimum absolute atomic E-state index is 0.314. The molecule has 1 aromatic heterocycles. The average molecular weight is 294 g/mol. The number of nitrogens with one attached hydrogen (secondary N) is 1. The van der Waals surface area contributed by atoms with E-state index in [1.807, 2.05) is 0 Å². The van der Waals surface area contributed by atoms with Crippen LogP contribution in [0.15, 0.2) is 10.5 Å². The van der Waals surface area contributed by atoms with E-state index in [9.17, 15) is 0 Å². The van der Waals surface area contributed by atoms with E-state index in [0.717, 1.165) is 57.1 Å². The largest absolute Gasteiger partial charge is 0.465 e. The van der Waals surface area contributed by atoms with Crippen LogP contribution in [0.4, 0.5) is 0 Å². The standard InChI is InChI=1S/C17H30N2O2/c1-5-7-18-9-15-8-17(21-14(15)4)11-19-10-13(3)20-12-16(19)6-2/h8,13,16,18H,5-7,9-12H2,1-4H3. The molecule has 2 unspecified atom stereocenters. The van der Waals surface area contributed by atoms with Crippen molar-refractivity contribution in [2.24, 2.45) is 0 Å². The first kappa shape index (κ1) is 16.5. The topological polar surface area (TPSA) is 37.6 Å². The second-order valence-electron chi connectivity index (χ2n) is 6.11. The molecule has 0 spiro atoms. The molecule has 0 saturated carbocycles. The lowest BCUT2D eigenvalue weighted by atomic mass is 10.1. The lowest BCUT2D eigenvalue weighted by Crippen LogP contribution is -2.47. The molecule has 0 aromatic carbocycles. The number of ether oxygens (including phenoxy) is 1. The van der Waals surface area contributed by atoms with E-state index in [2.05, 4.69) is 44.0 Å². The molecule has 0 bridgehead atoms. The van der Waals surface area contributed by atoms with Crippen molar-refractivity contribution < 1.29 is 9.15 Å². The zero-order valence-electron chi connectivity index (χ0n) is 13.9. The van der Waals surface area contributed by atoms with Crippen molar-refractivity contribution in [1.29, 1.82) is 0 Å². The van der Waals surface area contributed by atoms with E-state index in [-0.39, 0.29) is 0 Å². The number of hydrogen-bond acceptors (Lipinski definition) is 4. The van der Waals surface area contributed by atoms with Crippen LogP contribution in [0.2, 0.25) is 0 Å². The molecule has 0 radical (unpaired) electrons. The molecule has 2 atom stereocenters. The summed E-state index contributed by atoms with van der Waals surface area (Å²) < 4.78 is 11.7. The van der Waals surface area contributed by atoms with E-state index in [1.54, 1.807) is 0 Å². The molecule has 0 amide bonds. The van der Waals surface area contributed by atoms with Crippen molar-refractivity contribution in [1.82, 2.24) is 10.2 Å². The highest BCUT2D eigenvalue weighted by Crippen LogP contribution is 2.21. The van der Waals surface area contributed by atoms with Gasteiger partial charge in [0.25, 0.3) is 0 Å². The molecule has 1 N–H and O–H groups in total. The van der Waals surface area contributed by atoms with Crippen LogP contribution in [-0.2, 0) is 17.8 Å². The van der Waals surface area contributed by atoms with Crippen LogP contribution in [0.5, 0.6) is 0 Å². The smallest absolute Gasteiger partial charge is 0.118 e. The molecule has 1 saturated heterocycles. The van der Waals surface area contributed by atoms with Gasteiger partial charge in [0.2, 0.25) is 0 Å². The normalized spacial score (nSPS) is 23.6. The minimum atomic E-state index is 0.314. The summed E-state index contributed by atoms with van der Waals surface area (Å²) in [7, 11) is 0. The van der Waals surface area contributed by atoms with E-state index in [1.165, 1.54) is 5.56 Å². The molecule has 1 aliphatic rings. The fourth-order valence-corrected chi connectivity index (χ4v) is 2.92. The van der Waals surface area contributed by atoms with Crippen LogP contribution in [0.1, 0.15) is 50.7 Å². The maximum absolute atomic E-state index is 5.95. The Kier molecular flexibility index (Phi) is 6.27. The minimum Gasteiger partial charge on any atom is -0.465 e. The summed E-state index contributed by atoms with van der Waals surface area (Å²) in [5.74, 6) is 2.12. The Balaban J connectivity index is 1.96. The van der Waals surface area contributed by atoms with Gasteiger partial charge in [-0.15, -0.1) is 0 Å². The van der Waals surface area contributed by atoms with E-state index < -0.39 is 0 Å². The maximum atomic E-state index is 5.95. The van der Waals surface area contributed by atoms with Gasteiger partial charge in [-0.2, -0.15) is 0 Å². The molecule has 1 aliphatic heterocycles. The Hall–Kier alpha value is -0.840. The third kappa shape index (κ3) is 4.56. The van der Waals surface area contributed by atoms with Crippen LogP contribution in [-0.4, -0.2) is 36.7 Å². The number of morpholine rings is 1. The Morgan fingerprint density at radius 2 is 2.19 bits per heavy atom. The highest BCUT2D eigenvalue weighted by Gasteiger charge is 2.26. The lowest BCUT2D eigenvalue weighted by Gasteiger charge is -2.37. The quantitative estimate of drug-likeness (QED) is 0.784. The first-order valence-corrected chi connectivity index (χ1v) is 8.28. The molecular formula is C17H30N2O2. The van der Waals surface area contributed by atoms with Gasteiger partial charge in [-0.3, -0.25) is 4.90 Å². The Labute approximate surface area is 128 Å². The van der Waals surface area contributed by atoms with Gasteiger partial charge >= 0.3 is 0 Å². The van der Waals surface area contributed by atoms with Gasteiger partial charge in [-0.1, -0.05) is 13.8 Å². The van der Waals surface area contributed by atoms with Crippen LogP contribution < -0.4 is 5.32 Å². The number of furan rings is 1. The lowest BCUT2D eigenvalue weighted by molar-refractivity contribution is -0.0611. The predicted octanol–water partition coefficient (Wildman–Crippen LogP) is 3.09. The highest BCUT2D eigenvalue weighted by atomic mass is 16.5. The second kappa shape index (κ2) is 7.97. The molecule has 2 rings (SSSR count). The molecule has 1 aromatic rings. The highest BCUT2D eigenvalue weighted by molar-refractivity contribution is 5.20. The Morgan fingerprint density at radius 3 is 2.90 bits per heavy atom. The van der Waals surface area contributed by atoms with Gasteiger partial charge < -0.3 is 14.5 Å². The van der Waals surface area contributed by atoms with Gasteiger partial charge in [0, 0.05) is 24.7 Å². The number of hydrogen-bond donors (Lipinski definition) is 1. The van der Waals surface area contributed by atoms with Crippen molar-refractivity contribution in [3.05, 3.63) is 23.2 Å². The zero-order valence-corrected chi connectivity index (χ0v) is 13.9. The third-order valence-corrected chi connectivity index (χ3v) is 4.23. The van der Waals surface area contributed by atoms with E-state index >= 15 is 0 Å². The van der Waals surface area contributed by atoms with Crippen molar-refractivity contribution in [2.45, 2.75) is 65.8 Å². The first-order chi connectivity index (χ1) is 10.1. The van der Waals surface area contributed by atoms with Crippen molar-refractivity contribution in [2.75, 3.05) is 19.7 Å². The van der Waals surface area contributed by atoms with Crippen molar-refractivity contribution >= 4 is 0 Å². The van der Waals surface area contributed by atoms with Crippen LogP contribution in [0.3, 0.4) is 0 Å². The monoisotopic (exact) mass is 294 g/mol. The summed E-state index contributed by atoms with van der Waals surface area (Å²) in [5.41, 5.74) is 1.29. The summed E-state index contributed by atoms with van der Waals surface area (Å²) in [4.78, 5) is 2.50. The SMILES string of the molecule is CCCNCc1cc(CN2CC(C)OCC2CC)oc1C. The third-order valence-electron chi connectivity index (χ3n) is 4.23. The molecule has 4 nitrogen and oxygen atoms in total. The van der Waals surface area contributed by atoms with Gasteiger partial charge in [0.15, 0.2) is 0 Å². The fourth-order valence-electron chi connectivity index (χ4n) is 2.92. The van der Waals surface area contributed by atoms with Crippen LogP contribution >= 0.6 is 0 Å². The van der Waals surface area contributed by atoms with Crippen molar-refractivity contribution in [3.8, 4) is 0 Å². The average Bonchev–Trinajstić information content (AvgIpc) is 2.79. The first-order valence-electron chi connectivity index (χ1n) is 8.28. The van der Waals surface area contributed by atoms with Gasteiger partial charge in [0.1, 0.15) is 11.5 Å². The molecule has 4 heteroatoms. The van der Waals surface area contributed by atoms with Gasteiger partial charge in [-0.25, -0.2) is 0 Å². The summed E-state index contributed by atoms with van der Waals surface area (Å²) in [5, 5.41) is 3.44. The van der Waals surface area contributed by atoms with E-state index in [4.69, 9.17) is 9.15 Å². The summed E-state index contributed by atoms with van der Waals surface area (Å²) in [6.07, 6.45) is 2.60. The van der Waals surface area contributed by atoms with Crippen LogP contribution in [0, 0.1) is 6.92 Å². The number of rotatable bonds is 7. The molecule has 120 valence electrons. The van der Waals surface area contributed by atoms with E-state index in [0.29, 0.717) is 12.1 Å². The fraction of sp³-hybridized carbons (Fsp3) is 0.765. The second-order valence-corrected chi connectivity index (χ2v) is 6.11. The van der Waals surface area contributed by atoms with Gasteiger partial charge in [0.05, 0.1) is 19.3 Å². The maximum Gasteiger partial charge on any atom is 0.118 e. The summed E-state index contributed by atoms with van der Waals surface area (Å²) in [6.45, 7) is 13.3. The molecule has 2 heterocycles. The summed E-state index contributed by atoms with van der Waals surface area (Å²) in [6, 6.07) is 2.72. The molecule has 21 heavy (non-hydrogen) atoms. The molecule has 1 fully saturated rings. The Morgan fingerprint density at radius 1 is 1.38 bits per heavy atom. The number of aryl methyl sites for hydroxylation is 1. The zero-order chi connectivity index (χ0) is 15.2.